The summed E-state index contributed by atoms with van der Waals surface area (Å²) in [6.45, 7) is 5.82. The van der Waals surface area contributed by atoms with Crippen LogP contribution in [-0.2, 0) is 6.42 Å². The number of para-hydroxylation sites is 1. The van der Waals surface area contributed by atoms with Crippen LogP contribution in [0.2, 0.25) is 0 Å². The Balaban J connectivity index is 1.35. The summed E-state index contributed by atoms with van der Waals surface area (Å²) in [5.41, 5.74) is 2.19. The summed E-state index contributed by atoms with van der Waals surface area (Å²) >= 11 is 0. The smallest absolute Gasteiger partial charge is 0.466 e. The summed E-state index contributed by atoms with van der Waals surface area (Å²) in [6.07, 6.45) is 1.67. The predicted octanol–water partition coefficient (Wildman–Crippen LogP) is 2.38. The van der Waals surface area contributed by atoms with E-state index in [1.807, 2.05) is 54.3 Å². The minimum absolute atomic E-state index is 0.108. The van der Waals surface area contributed by atoms with Crippen molar-refractivity contribution in [1.82, 2.24) is 10.2 Å². The molecule has 0 bridgehead atoms. The van der Waals surface area contributed by atoms with Gasteiger partial charge in [-0.3, -0.25) is 0 Å². The Hall–Kier alpha value is -3.50. The first-order valence-corrected chi connectivity index (χ1v) is 11.3. The van der Waals surface area contributed by atoms with Crippen molar-refractivity contribution >= 4 is 18.0 Å². The topological polar surface area (TPSA) is 125 Å². The molecule has 0 saturated heterocycles. The van der Waals surface area contributed by atoms with E-state index in [1.165, 1.54) is 11.9 Å². The van der Waals surface area contributed by atoms with E-state index in [4.69, 9.17) is 4.74 Å². The van der Waals surface area contributed by atoms with Gasteiger partial charge >= 0.3 is 5.96 Å². The second-order valence-electron chi connectivity index (χ2n) is 8.29. The van der Waals surface area contributed by atoms with E-state index < -0.39 is 11.0 Å². The lowest BCUT2D eigenvalue weighted by molar-refractivity contribution is -0.352. The fraction of sp³-hybridized carbons (Fsp3) is 0.417. The number of rotatable bonds is 12. The van der Waals surface area contributed by atoms with Crippen molar-refractivity contribution in [3.05, 3.63) is 70.3 Å². The van der Waals surface area contributed by atoms with Crippen molar-refractivity contribution in [2.24, 2.45) is 9.98 Å². The van der Waals surface area contributed by atoms with E-state index in [1.54, 1.807) is 0 Å². The van der Waals surface area contributed by atoms with Gasteiger partial charge in [-0.05, 0) is 55.0 Å². The highest BCUT2D eigenvalue weighted by atomic mass is 16.6. The van der Waals surface area contributed by atoms with Gasteiger partial charge in [0.25, 0.3) is 0 Å². The van der Waals surface area contributed by atoms with Gasteiger partial charge in [0.2, 0.25) is 0 Å². The fourth-order valence-electron chi connectivity index (χ4n) is 3.52. The molecule has 0 fully saturated rings. The van der Waals surface area contributed by atoms with Gasteiger partial charge in [0, 0.05) is 30.9 Å². The maximum atomic E-state index is 10.6. The molecule has 34 heavy (non-hydrogen) atoms. The molecule has 0 aliphatic carbocycles. The third-order valence-electron chi connectivity index (χ3n) is 5.41. The number of nitrogens with zero attached hydrogens (tertiary/aromatic N) is 4. The Morgan fingerprint density at radius 2 is 1.91 bits per heavy atom. The number of aliphatic imine (C=N–C) groups is 2. The second-order valence-corrected chi connectivity index (χ2v) is 8.29. The molecule has 0 amide bonds. The van der Waals surface area contributed by atoms with Gasteiger partial charge in [0.1, 0.15) is 18.5 Å². The summed E-state index contributed by atoms with van der Waals surface area (Å²) < 4.78 is 5.65. The number of nitro groups is 1. The van der Waals surface area contributed by atoms with Crippen molar-refractivity contribution in [2.75, 3.05) is 31.7 Å². The van der Waals surface area contributed by atoms with E-state index in [-0.39, 0.29) is 31.3 Å². The third-order valence-corrected chi connectivity index (χ3v) is 5.41. The molecule has 182 valence electrons. The van der Waals surface area contributed by atoms with Crippen LogP contribution in [0.3, 0.4) is 0 Å². The summed E-state index contributed by atoms with van der Waals surface area (Å²) in [7, 11) is 0. The molecule has 3 N–H and O–H groups in total. The van der Waals surface area contributed by atoms with E-state index in [0.29, 0.717) is 13.1 Å². The van der Waals surface area contributed by atoms with Gasteiger partial charge in [-0.15, -0.1) is 0 Å². The molecule has 0 aromatic heterocycles. The quantitative estimate of drug-likeness (QED) is 0.323. The summed E-state index contributed by atoms with van der Waals surface area (Å²) in [4.78, 5) is 19.4. The number of ether oxygens (including phenoxy) is 1. The molecule has 10 nitrogen and oxygen atoms in total. The fourth-order valence-corrected chi connectivity index (χ4v) is 3.52. The number of nitrogens with one attached hydrogen (secondary N) is 2. The van der Waals surface area contributed by atoms with Crippen LogP contribution in [0.5, 0.6) is 5.75 Å². The van der Waals surface area contributed by atoms with Gasteiger partial charge in [0.05, 0.1) is 0 Å². The first-order chi connectivity index (χ1) is 16.4. The zero-order valence-electron chi connectivity index (χ0n) is 19.5. The molecule has 0 radical (unpaired) electrons. The lowest BCUT2D eigenvalue weighted by atomic mass is 10.0. The molecule has 2 aromatic carbocycles. The monoisotopic (exact) mass is 468 g/mol. The van der Waals surface area contributed by atoms with Crippen molar-refractivity contribution in [3.8, 4) is 5.75 Å². The summed E-state index contributed by atoms with van der Waals surface area (Å²) in [5.74, 6) is 0.393. The molecule has 1 heterocycles. The van der Waals surface area contributed by atoms with Crippen LogP contribution in [0.4, 0.5) is 5.69 Å². The maximum absolute atomic E-state index is 10.6. The number of aliphatic hydroxyl groups excluding tert-OH is 1. The Kier molecular flexibility index (Phi) is 9.36. The molecule has 3 rings (SSSR count). The van der Waals surface area contributed by atoms with Crippen molar-refractivity contribution in [1.29, 1.82) is 0 Å². The van der Waals surface area contributed by atoms with E-state index in [9.17, 15) is 15.2 Å². The average molecular weight is 469 g/mol. The second kappa shape index (κ2) is 12.7. The Morgan fingerprint density at radius 1 is 1.18 bits per heavy atom. The highest BCUT2D eigenvalue weighted by molar-refractivity contribution is 5.82. The lowest BCUT2D eigenvalue weighted by Crippen LogP contribution is -2.45. The number of anilines is 1. The normalized spacial score (nSPS) is 15.9. The van der Waals surface area contributed by atoms with Gasteiger partial charge in [-0.2, -0.15) is 0 Å². The molecule has 10 heteroatoms. The SMILES string of the molecule is C[C@@H](Cc1ccc(NCCN2C=NC([N+](=O)[O-])=NC2)cc1)N[C@H](C)[C@H](O)COc1ccccc1. The number of hydrogen-bond acceptors (Lipinski definition) is 9. The van der Waals surface area contributed by atoms with Crippen LogP contribution in [0.25, 0.3) is 0 Å². The van der Waals surface area contributed by atoms with E-state index in [2.05, 4.69) is 39.7 Å². The molecule has 1 aliphatic heterocycles. The van der Waals surface area contributed by atoms with Gasteiger partial charge in [0.15, 0.2) is 13.0 Å². The van der Waals surface area contributed by atoms with Crippen molar-refractivity contribution < 1.29 is 14.8 Å². The van der Waals surface area contributed by atoms with Crippen molar-refractivity contribution in [3.63, 3.8) is 0 Å². The maximum Gasteiger partial charge on any atom is 0.466 e. The first-order valence-electron chi connectivity index (χ1n) is 11.3. The van der Waals surface area contributed by atoms with Crippen LogP contribution in [0, 0.1) is 10.1 Å². The van der Waals surface area contributed by atoms with Crippen molar-refractivity contribution in [2.45, 2.75) is 38.5 Å². The Bertz CT molecular complexity index is 967. The van der Waals surface area contributed by atoms with Crippen LogP contribution >= 0.6 is 0 Å². The highest BCUT2D eigenvalue weighted by Crippen LogP contribution is 2.13. The molecule has 2 aromatic rings. The van der Waals surface area contributed by atoms with Crippen LogP contribution in [0.15, 0.2) is 64.6 Å². The molecular weight excluding hydrogens is 436 g/mol. The first kappa shape index (κ1) is 25.1. The molecule has 0 unspecified atom stereocenters. The lowest BCUT2D eigenvalue weighted by Gasteiger charge is -2.24. The highest BCUT2D eigenvalue weighted by Gasteiger charge is 2.18. The third kappa shape index (κ3) is 8.13. The van der Waals surface area contributed by atoms with Gasteiger partial charge in [-0.25, -0.2) is 0 Å². The largest absolute Gasteiger partial charge is 0.491 e. The number of hydrogen-bond donors (Lipinski definition) is 3. The predicted molar refractivity (Wildman–Crippen MR) is 133 cm³/mol. The van der Waals surface area contributed by atoms with Crippen LogP contribution < -0.4 is 15.4 Å². The molecule has 3 atom stereocenters. The van der Waals surface area contributed by atoms with Gasteiger partial charge in [-0.1, -0.05) is 40.3 Å². The van der Waals surface area contributed by atoms with E-state index >= 15 is 0 Å². The number of benzene rings is 2. The van der Waals surface area contributed by atoms with E-state index in [0.717, 1.165) is 17.9 Å². The minimum atomic E-state index is -0.615. The Labute approximate surface area is 199 Å². The standard InChI is InChI=1S/C24H32N6O4/c1-18(28-19(2)23(31)15-34-22-6-4-3-5-7-22)14-20-8-10-21(11-9-20)25-12-13-29-16-26-24(27-17-29)30(32)33/h3-11,16,18-19,23,25,28,31H,12-15,17H2,1-2H3/t18-,19+,23+/m0/s1. The molecule has 0 saturated carbocycles. The Morgan fingerprint density at radius 3 is 2.56 bits per heavy atom. The summed E-state index contributed by atoms with van der Waals surface area (Å²) in [6, 6.07) is 17.8. The van der Waals surface area contributed by atoms with Gasteiger partial charge < -0.3 is 35.5 Å². The molecule has 1 aliphatic rings. The van der Waals surface area contributed by atoms with Crippen LogP contribution in [0.1, 0.15) is 19.4 Å². The molecule has 0 spiro atoms. The number of guanidine groups is 1. The molecular formula is C24H32N6O4. The minimum Gasteiger partial charge on any atom is -0.491 e. The van der Waals surface area contributed by atoms with Crippen LogP contribution in [-0.4, -0.2) is 71.8 Å². The average Bonchev–Trinajstić information content (AvgIpc) is 2.84. The zero-order valence-corrected chi connectivity index (χ0v) is 19.5. The summed E-state index contributed by atoms with van der Waals surface area (Å²) in [5, 5.41) is 27.8. The zero-order chi connectivity index (χ0) is 24.3. The number of aliphatic hydroxyl groups is 1.